The Kier molecular flexibility index (Phi) is 4.15. The van der Waals surface area contributed by atoms with E-state index in [1.165, 1.54) is 0 Å². The van der Waals surface area contributed by atoms with Gasteiger partial charge in [0, 0.05) is 19.8 Å². The maximum atomic E-state index is 11.1. The lowest BCUT2D eigenvalue weighted by atomic mass is 10.2. The third-order valence-corrected chi connectivity index (χ3v) is 1.93. The van der Waals surface area contributed by atoms with Crippen LogP contribution in [0, 0.1) is 5.92 Å². The minimum absolute atomic E-state index is 0.0477. The van der Waals surface area contributed by atoms with Gasteiger partial charge in [-0.3, -0.25) is 9.48 Å². The van der Waals surface area contributed by atoms with Crippen LogP contribution in [0.1, 0.15) is 13.8 Å². The first kappa shape index (κ1) is 11.6. The Bertz CT molecular complexity index is 319. The second kappa shape index (κ2) is 5.38. The normalized spacial score (nSPS) is 10.4. The Hall–Kier alpha value is -1.52. The average Bonchev–Trinajstić information content (AvgIpc) is 2.62. The SMILES string of the molecule is CNC(=O)Cn1cc(NCC(C)C)cn1. The highest BCUT2D eigenvalue weighted by molar-refractivity contribution is 5.75. The molecule has 5 nitrogen and oxygen atoms in total. The molecule has 2 N–H and O–H groups in total. The molecule has 1 heterocycles. The second-order valence-corrected chi connectivity index (χ2v) is 3.87. The molecule has 84 valence electrons. The van der Waals surface area contributed by atoms with E-state index in [9.17, 15) is 4.79 Å². The van der Waals surface area contributed by atoms with Crippen LogP contribution in [0.5, 0.6) is 0 Å². The summed E-state index contributed by atoms with van der Waals surface area (Å²) >= 11 is 0. The van der Waals surface area contributed by atoms with Gasteiger partial charge in [0.25, 0.3) is 0 Å². The predicted octanol–water partition coefficient (Wildman–Crippen LogP) is 0.697. The lowest BCUT2D eigenvalue weighted by Crippen LogP contribution is -2.23. The zero-order chi connectivity index (χ0) is 11.3. The molecule has 0 fully saturated rings. The second-order valence-electron chi connectivity index (χ2n) is 3.87. The molecule has 1 aromatic rings. The number of rotatable bonds is 5. The summed E-state index contributed by atoms with van der Waals surface area (Å²) in [6, 6.07) is 0. The van der Waals surface area contributed by atoms with Crippen LogP contribution in [-0.2, 0) is 11.3 Å². The highest BCUT2D eigenvalue weighted by Crippen LogP contribution is 2.05. The number of anilines is 1. The molecule has 0 aromatic carbocycles. The number of carbonyl (C=O) groups excluding carboxylic acids is 1. The van der Waals surface area contributed by atoms with Gasteiger partial charge in [0.1, 0.15) is 6.54 Å². The fourth-order valence-electron chi connectivity index (χ4n) is 1.09. The summed E-state index contributed by atoms with van der Waals surface area (Å²) in [7, 11) is 1.61. The predicted molar refractivity (Wildman–Crippen MR) is 59.6 cm³/mol. The van der Waals surface area contributed by atoms with Gasteiger partial charge in [0.05, 0.1) is 11.9 Å². The van der Waals surface area contributed by atoms with Gasteiger partial charge in [-0.25, -0.2) is 0 Å². The van der Waals surface area contributed by atoms with Gasteiger partial charge in [-0.2, -0.15) is 5.10 Å². The third-order valence-electron chi connectivity index (χ3n) is 1.93. The zero-order valence-corrected chi connectivity index (χ0v) is 9.45. The summed E-state index contributed by atoms with van der Waals surface area (Å²) in [5, 5.41) is 9.87. The molecule has 0 saturated carbocycles. The first-order valence-electron chi connectivity index (χ1n) is 5.08. The van der Waals surface area contributed by atoms with Crippen molar-refractivity contribution < 1.29 is 4.79 Å². The molecule has 0 aliphatic rings. The van der Waals surface area contributed by atoms with Crippen molar-refractivity contribution in [3.05, 3.63) is 12.4 Å². The monoisotopic (exact) mass is 210 g/mol. The van der Waals surface area contributed by atoms with E-state index in [0.717, 1.165) is 12.2 Å². The molecule has 0 aliphatic carbocycles. The Balaban J connectivity index is 2.45. The molecule has 15 heavy (non-hydrogen) atoms. The number of carbonyl (C=O) groups is 1. The Labute approximate surface area is 89.9 Å². The fourth-order valence-corrected chi connectivity index (χ4v) is 1.09. The number of hydrogen-bond donors (Lipinski definition) is 2. The Morgan fingerprint density at radius 2 is 2.33 bits per heavy atom. The van der Waals surface area contributed by atoms with Crippen LogP contribution in [0.15, 0.2) is 12.4 Å². The van der Waals surface area contributed by atoms with Crippen molar-refractivity contribution in [1.29, 1.82) is 0 Å². The van der Waals surface area contributed by atoms with Crippen molar-refractivity contribution in [3.8, 4) is 0 Å². The van der Waals surface area contributed by atoms with E-state index in [-0.39, 0.29) is 12.5 Å². The Morgan fingerprint density at radius 3 is 2.93 bits per heavy atom. The quantitative estimate of drug-likeness (QED) is 0.752. The first-order valence-corrected chi connectivity index (χ1v) is 5.08. The number of hydrogen-bond acceptors (Lipinski definition) is 3. The number of nitrogens with zero attached hydrogens (tertiary/aromatic N) is 2. The fraction of sp³-hybridized carbons (Fsp3) is 0.600. The van der Waals surface area contributed by atoms with E-state index in [4.69, 9.17) is 0 Å². The van der Waals surface area contributed by atoms with Gasteiger partial charge < -0.3 is 10.6 Å². The maximum Gasteiger partial charge on any atom is 0.241 e. The molecule has 0 atom stereocenters. The molecule has 0 bridgehead atoms. The highest BCUT2D eigenvalue weighted by Gasteiger charge is 2.02. The van der Waals surface area contributed by atoms with E-state index in [1.807, 2.05) is 6.20 Å². The first-order chi connectivity index (χ1) is 7.11. The van der Waals surface area contributed by atoms with Crippen molar-refractivity contribution in [2.45, 2.75) is 20.4 Å². The minimum atomic E-state index is -0.0477. The van der Waals surface area contributed by atoms with Gasteiger partial charge in [-0.1, -0.05) is 13.8 Å². The molecule has 1 aromatic heterocycles. The summed E-state index contributed by atoms with van der Waals surface area (Å²) < 4.78 is 1.61. The standard InChI is InChI=1S/C10H18N4O/c1-8(2)4-12-9-5-13-14(6-9)7-10(15)11-3/h5-6,8,12H,4,7H2,1-3H3,(H,11,15). The summed E-state index contributed by atoms with van der Waals surface area (Å²) in [5.41, 5.74) is 0.951. The lowest BCUT2D eigenvalue weighted by Gasteiger charge is -2.05. The third kappa shape index (κ3) is 4.01. The van der Waals surface area contributed by atoms with E-state index < -0.39 is 0 Å². The van der Waals surface area contributed by atoms with Gasteiger partial charge >= 0.3 is 0 Å². The minimum Gasteiger partial charge on any atom is -0.382 e. The lowest BCUT2D eigenvalue weighted by molar-refractivity contribution is -0.121. The van der Waals surface area contributed by atoms with Gasteiger partial charge in [0.15, 0.2) is 0 Å². The summed E-state index contributed by atoms with van der Waals surface area (Å²) in [6.07, 6.45) is 3.56. The van der Waals surface area contributed by atoms with Crippen molar-refractivity contribution in [3.63, 3.8) is 0 Å². The molecule has 1 amide bonds. The van der Waals surface area contributed by atoms with Crippen LogP contribution < -0.4 is 10.6 Å². The van der Waals surface area contributed by atoms with Crippen molar-refractivity contribution in [1.82, 2.24) is 15.1 Å². The molecule has 0 unspecified atom stereocenters. The number of likely N-dealkylation sites (N-methyl/N-ethyl adjacent to an activating group) is 1. The van der Waals surface area contributed by atoms with Crippen molar-refractivity contribution in [2.24, 2.45) is 5.92 Å². The van der Waals surface area contributed by atoms with E-state index in [1.54, 1.807) is 17.9 Å². The number of nitrogens with one attached hydrogen (secondary N) is 2. The van der Waals surface area contributed by atoms with Crippen LogP contribution in [0.2, 0.25) is 0 Å². The number of aromatic nitrogens is 2. The van der Waals surface area contributed by atoms with Gasteiger partial charge in [-0.15, -0.1) is 0 Å². The van der Waals surface area contributed by atoms with Crippen molar-refractivity contribution >= 4 is 11.6 Å². The molecule has 1 rings (SSSR count). The van der Waals surface area contributed by atoms with Crippen LogP contribution in [0.3, 0.4) is 0 Å². The molecular weight excluding hydrogens is 192 g/mol. The van der Waals surface area contributed by atoms with Crippen LogP contribution in [0.4, 0.5) is 5.69 Å². The topological polar surface area (TPSA) is 59.0 Å². The van der Waals surface area contributed by atoms with Crippen LogP contribution >= 0.6 is 0 Å². The molecule has 5 heteroatoms. The van der Waals surface area contributed by atoms with E-state index >= 15 is 0 Å². The smallest absolute Gasteiger partial charge is 0.241 e. The van der Waals surface area contributed by atoms with Crippen LogP contribution in [-0.4, -0.2) is 29.3 Å². The Morgan fingerprint density at radius 1 is 1.60 bits per heavy atom. The molecular formula is C10H18N4O. The number of amides is 1. The maximum absolute atomic E-state index is 11.1. The molecule has 0 aliphatic heterocycles. The van der Waals surface area contributed by atoms with Crippen LogP contribution in [0.25, 0.3) is 0 Å². The molecule has 0 spiro atoms. The highest BCUT2D eigenvalue weighted by atomic mass is 16.1. The van der Waals surface area contributed by atoms with Crippen molar-refractivity contribution in [2.75, 3.05) is 18.9 Å². The molecule has 0 radical (unpaired) electrons. The van der Waals surface area contributed by atoms with Gasteiger partial charge in [0.2, 0.25) is 5.91 Å². The largest absolute Gasteiger partial charge is 0.382 e. The molecule has 0 saturated heterocycles. The average molecular weight is 210 g/mol. The summed E-state index contributed by atoms with van der Waals surface area (Å²) in [6.45, 7) is 5.45. The van der Waals surface area contributed by atoms with Gasteiger partial charge in [-0.05, 0) is 5.92 Å². The summed E-state index contributed by atoms with van der Waals surface area (Å²) in [4.78, 5) is 11.1. The zero-order valence-electron chi connectivity index (χ0n) is 9.45. The van der Waals surface area contributed by atoms with E-state index in [0.29, 0.717) is 5.92 Å². The van der Waals surface area contributed by atoms with E-state index in [2.05, 4.69) is 29.6 Å². The summed E-state index contributed by atoms with van der Waals surface area (Å²) in [5.74, 6) is 0.542.